The SMILES string of the molecule is C=C[C@@](C)(OCOCCOC)[C@H](N)CCCC. The number of rotatable bonds is 11. The van der Waals surface area contributed by atoms with Gasteiger partial charge in [0.25, 0.3) is 0 Å². The highest BCUT2D eigenvalue weighted by atomic mass is 16.7. The van der Waals surface area contributed by atoms with Gasteiger partial charge in [0, 0.05) is 13.2 Å². The molecule has 0 rings (SSSR count). The van der Waals surface area contributed by atoms with Crippen molar-refractivity contribution in [3.8, 4) is 0 Å². The van der Waals surface area contributed by atoms with Crippen molar-refractivity contribution in [3.63, 3.8) is 0 Å². The lowest BCUT2D eigenvalue weighted by Crippen LogP contribution is -2.46. The molecule has 0 fully saturated rings. The maximum absolute atomic E-state index is 6.11. The van der Waals surface area contributed by atoms with Gasteiger partial charge in [0.2, 0.25) is 0 Å². The number of methoxy groups -OCH3 is 1. The first-order valence-corrected chi connectivity index (χ1v) is 6.20. The summed E-state index contributed by atoms with van der Waals surface area (Å²) in [7, 11) is 1.64. The third-order valence-electron chi connectivity index (χ3n) is 2.90. The molecule has 102 valence electrons. The Labute approximate surface area is 105 Å². The smallest absolute Gasteiger partial charge is 0.148 e. The fourth-order valence-electron chi connectivity index (χ4n) is 1.40. The minimum absolute atomic E-state index is 0.0500. The summed E-state index contributed by atoms with van der Waals surface area (Å²) in [6.07, 6.45) is 4.91. The monoisotopic (exact) mass is 245 g/mol. The van der Waals surface area contributed by atoms with Crippen LogP contribution in [-0.4, -0.2) is 38.8 Å². The molecular formula is C13H27NO3. The van der Waals surface area contributed by atoms with E-state index in [9.17, 15) is 0 Å². The molecule has 0 amide bonds. The molecule has 0 aromatic heterocycles. The van der Waals surface area contributed by atoms with E-state index in [0.717, 1.165) is 19.3 Å². The third kappa shape index (κ3) is 6.78. The van der Waals surface area contributed by atoms with Gasteiger partial charge in [-0.2, -0.15) is 0 Å². The Morgan fingerprint density at radius 3 is 2.65 bits per heavy atom. The standard InChI is InChI=1S/C13H27NO3/c1-5-7-8-12(14)13(3,6-2)17-11-16-10-9-15-4/h6,12H,2,5,7-11,14H2,1,3-4H3/t12-,13-/m1/s1. The quantitative estimate of drug-likeness (QED) is 0.344. The molecular weight excluding hydrogens is 218 g/mol. The van der Waals surface area contributed by atoms with Gasteiger partial charge in [-0.15, -0.1) is 6.58 Å². The maximum atomic E-state index is 6.11. The Morgan fingerprint density at radius 1 is 1.41 bits per heavy atom. The number of ether oxygens (including phenoxy) is 3. The van der Waals surface area contributed by atoms with Crippen LogP contribution in [0.4, 0.5) is 0 Å². The van der Waals surface area contributed by atoms with Crippen LogP contribution in [0.2, 0.25) is 0 Å². The van der Waals surface area contributed by atoms with Crippen molar-refractivity contribution in [2.24, 2.45) is 5.73 Å². The van der Waals surface area contributed by atoms with Crippen LogP contribution in [0, 0.1) is 0 Å². The van der Waals surface area contributed by atoms with E-state index in [1.165, 1.54) is 0 Å². The topological polar surface area (TPSA) is 53.7 Å². The minimum Gasteiger partial charge on any atom is -0.382 e. The first-order chi connectivity index (χ1) is 8.10. The van der Waals surface area contributed by atoms with Crippen molar-refractivity contribution in [1.82, 2.24) is 0 Å². The van der Waals surface area contributed by atoms with E-state index in [1.54, 1.807) is 13.2 Å². The predicted octanol–water partition coefficient (Wildman–Crippen LogP) is 2.09. The van der Waals surface area contributed by atoms with Crippen LogP contribution in [0.25, 0.3) is 0 Å². The average Bonchev–Trinajstić information content (AvgIpc) is 2.35. The maximum Gasteiger partial charge on any atom is 0.148 e. The Hall–Kier alpha value is -0.420. The molecule has 0 aliphatic heterocycles. The van der Waals surface area contributed by atoms with Crippen molar-refractivity contribution in [3.05, 3.63) is 12.7 Å². The van der Waals surface area contributed by atoms with Gasteiger partial charge in [-0.25, -0.2) is 0 Å². The first-order valence-electron chi connectivity index (χ1n) is 6.20. The van der Waals surface area contributed by atoms with E-state index >= 15 is 0 Å². The summed E-state index contributed by atoms with van der Waals surface area (Å²) in [5, 5.41) is 0. The lowest BCUT2D eigenvalue weighted by molar-refractivity contribution is -0.129. The third-order valence-corrected chi connectivity index (χ3v) is 2.90. The van der Waals surface area contributed by atoms with Crippen molar-refractivity contribution in [2.45, 2.75) is 44.8 Å². The number of unbranched alkanes of at least 4 members (excludes halogenated alkanes) is 1. The second-order valence-corrected chi connectivity index (χ2v) is 4.30. The van der Waals surface area contributed by atoms with E-state index in [-0.39, 0.29) is 12.8 Å². The molecule has 2 atom stereocenters. The van der Waals surface area contributed by atoms with Crippen LogP contribution in [0.1, 0.15) is 33.1 Å². The molecule has 4 heteroatoms. The summed E-state index contributed by atoms with van der Waals surface area (Å²) in [4.78, 5) is 0. The molecule has 0 aliphatic carbocycles. The summed E-state index contributed by atoms with van der Waals surface area (Å²) in [6.45, 7) is 9.18. The molecule has 0 spiro atoms. The highest BCUT2D eigenvalue weighted by Gasteiger charge is 2.28. The Balaban J connectivity index is 3.95. The molecule has 0 aromatic carbocycles. The van der Waals surface area contributed by atoms with Gasteiger partial charge in [0.1, 0.15) is 12.4 Å². The van der Waals surface area contributed by atoms with E-state index < -0.39 is 5.60 Å². The highest BCUT2D eigenvalue weighted by molar-refractivity contribution is 5.01. The average molecular weight is 245 g/mol. The molecule has 0 saturated heterocycles. The van der Waals surface area contributed by atoms with Crippen LogP contribution >= 0.6 is 0 Å². The Bertz CT molecular complexity index is 199. The van der Waals surface area contributed by atoms with Gasteiger partial charge < -0.3 is 19.9 Å². The lowest BCUT2D eigenvalue weighted by Gasteiger charge is -2.32. The summed E-state index contributed by atoms with van der Waals surface area (Å²) in [5.74, 6) is 0. The summed E-state index contributed by atoms with van der Waals surface area (Å²) < 4.78 is 15.8. The van der Waals surface area contributed by atoms with Gasteiger partial charge in [-0.1, -0.05) is 25.8 Å². The van der Waals surface area contributed by atoms with Crippen LogP contribution in [-0.2, 0) is 14.2 Å². The number of hydrogen-bond donors (Lipinski definition) is 1. The van der Waals surface area contributed by atoms with E-state index in [2.05, 4.69) is 13.5 Å². The summed E-state index contributed by atoms with van der Waals surface area (Å²) >= 11 is 0. The van der Waals surface area contributed by atoms with Gasteiger partial charge in [0.15, 0.2) is 0 Å². The molecule has 4 nitrogen and oxygen atoms in total. The van der Waals surface area contributed by atoms with E-state index in [1.807, 2.05) is 6.92 Å². The minimum atomic E-state index is -0.526. The number of nitrogens with two attached hydrogens (primary N) is 1. The molecule has 0 radical (unpaired) electrons. The molecule has 0 unspecified atom stereocenters. The summed E-state index contributed by atoms with van der Waals surface area (Å²) in [5.41, 5.74) is 5.59. The molecule has 2 N–H and O–H groups in total. The molecule has 17 heavy (non-hydrogen) atoms. The zero-order valence-electron chi connectivity index (χ0n) is 11.4. The van der Waals surface area contributed by atoms with Gasteiger partial charge in [-0.05, 0) is 13.3 Å². The van der Waals surface area contributed by atoms with Crippen molar-refractivity contribution < 1.29 is 14.2 Å². The van der Waals surface area contributed by atoms with Crippen LogP contribution in [0.3, 0.4) is 0 Å². The molecule has 0 aliphatic rings. The molecule has 0 bridgehead atoms. The van der Waals surface area contributed by atoms with Crippen LogP contribution in [0.5, 0.6) is 0 Å². The Morgan fingerprint density at radius 2 is 2.12 bits per heavy atom. The second-order valence-electron chi connectivity index (χ2n) is 4.30. The largest absolute Gasteiger partial charge is 0.382 e. The normalized spacial score (nSPS) is 16.5. The van der Waals surface area contributed by atoms with E-state index in [0.29, 0.717) is 13.2 Å². The second kappa shape index (κ2) is 9.59. The van der Waals surface area contributed by atoms with Crippen LogP contribution < -0.4 is 5.73 Å². The predicted molar refractivity (Wildman–Crippen MR) is 69.9 cm³/mol. The summed E-state index contributed by atoms with van der Waals surface area (Å²) in [6, 6.07) is -0.0500. The van der Waals surface area contributed by atoms with Gasteiger partial charge in [0.05, 0.1) is 13.2 Å². The first kappa shape index (κ1) is 16.6. The molecule has 0 aromatic rings. The fourth-order valence-corrected chi connectivity index (χ4v) is 1.40. The zero-order chi connectivity index (χ0) is 13.1. The lowest BCUT2D eigenvalue weighted by atomic mass is 9.93. The van der Waals surface area contributed by atoms with E-state index in [4.69, 9.17) is 19.9 Å². The molecule has 0 saturated carbocycles. The molecule has 0 heterocycles. The van der Waals surface area contributed by atoms with Crippen molar-refractivity contribution >= 4 is 0 Å². The highest BCUT2D eigenvalue weighted by Crippen LogP contribution is 2.19. The van der Waals surface area contributed by atoms with Gasteiger partial charge in [-0.3, -0.25) is 0 Å². The van der Waals surface area contributed by atoms with Crippen LogP contribution in [0.15, 0.2) is 12.7 Å². The number of hydrogen-bond acceptors (Lipinski definition) is 4. The van der Waals surface area contributed by atoms with Gasteiger partial charge >= 0.3 is 0 Å². The fraction of sp³-hybridized carbons (Fsp3) is 0.846. The Kier molecular flexibility index (Phi) is 9.36. The zero-order valence-corrected chi connectivity index (χ0v) is 11.4. The van der Waals surface area contributed by atoms with Crippen molar-refractivity contribution in [1.29, 1.82) is 0 Å². The van der Waals surface area contributed by atoms with Crippen molar-refractivity contribution in [2.75, 3.05) is 27.1 Å².